The van der Waals surface area contributed by atoms with Gasteiger partial charge in [-0.3, -0.25) is 4.57 Å². The van der Waals surface area contributed by atoms with Crippen LogP contribution in [0.2, 0.25) is 0 Å². The van der Waals surface area contributed by atoms with Gasteiger partial charge in [0, 0.05) is 0 Å². The molecule has 0 aliphatic carbocycles. The molecule has 0 heterocycles. The van der Waals surface area contributed by atoms with Crippen LogP contribution in [0.1, 0.15) is 27.7 Å². The van der Waals surface area contributed by atoms with E-state index >= 15 is 0 Å². The van der Waals surface area contributed by atoms with E-state index in [1.54, 1.807) is 0 Å². The first kappa shape index (κ1) is 13.1. The van der Waals surface area contributed by atoms with Gasteiger partial charge in [-0.05, 0) is 11.8 Å². The summed E-state index contributed by atoms with van der Waals surface area (Å²) in [5.41, 5.74) is 0. The number of rotatable bonds is 6. The Kier molecular flexibility index (Phi) is 5.81. The summed E-state index contributed by atoms with van der Waals surface area (Å²) < 4.78 is 20.3. The molecule has 0 unspecified atom stereocenters. The average Bonchev–Trinajstić information content (AvgIpc) is 1.98. The van der Waals surface area contributed by atoms with Gasteiger partial charge >= 0.3 is 0 Å². The second-order valence-corrected chi connectivity index (χ2v) is 5.24. The Balaban J connectivity index is 3.74. The first-order valence-electron chi connectivity index (χ1n) is 4.43. The van der Waals surface area contributed by atoms with E-state index in [2.05, 4.69) is 9.05 Å². The summed E-state index contributed by atoms with van der Waals surface area (Å²) >= 11 is 0. The van der Waals surface area contributed by atoms with Crippen LogP contribution in [0.5, 0.6) is 0 Å². The van der Waals surface area contributed by atoms with Crippen LogP contribution in [0.15, 0.2) is 0 Å². The zero-order valence-electron chi connectivity index (χ0n) is 8.65. The second kappa shape index (κ2) is 5.76. The maximum atomic E-state index is 11.0. The summed E-state index contributed by atoms with van der Waals surface area (Å²) in [5.74, 6) is 0.370. The molecule has 80 valence electrons. The second-order valence-electron chi connectivity index (χ2n) is 3.83. The molecule has 0 radical (unpaired) electrons. The smallest absolute Gasteiger partial charge is 0.267 e. The Bertz CT molecular complexity index is 163. The highest BCUT2D eigenvalue weighted by Gasteiger charge is 2.10. The Morgan fingerprint density at radius 3 is 1.62 bits per heavy atom. The Hall–Kier alpha value is 0.110. The van der Waals surface area contributed by atoms with Crippen molar-refractivity contribution in [1.82, 2.24) is 0 Å². The van der Waals surface area contributed by atoms with E-state index in [4.69, 9.17) is 0 Å². The molecule has 4 nitrogen and oxygen atoms in total. The molecule has 0 aromatic carbocycles. The SMILES string of the molecule is CC(C)COP(=O)([O-])OCC(C)C. The van der Waals surface area contributed by atoms with Gasteiger partial charge in [-0.2, -0.15) is 0 Å². The van der Waals surface area contributed by atoms with E-state index in [0.29, 0.717) is 0 Å². The third kappa shape index (κ3) is 8.44. The van der Waals surface area contributed by atoms with Crippen LogP contribution in [0.3, 0.4) is 0 Å². The van der Waals surface area contributed by atoms with Crippen LogP contribution >= 0.6 is 7.82 Å². The summed E-state index contributed by atoms with van der Waals surface area (Å²) in [6, 6.07) is 0. The van der Waals surface area contributed by atoms with E-state index < -0.39 is 7.82 Å². The largest absolute Gasteiger partial charge is 0.756 e. The van der Waals surface area contributed by atoms with Crippen molar-refractivity contribution in [2.24, 2.45) is 11.8 Å². The van der Waals surface area contributed by atoms with Crippen LogP contribution in [0, 0.1) is 11.8 Å². The molecule has 0 N–H and O–H groups in total. The number of hydrogen-bond donors (Lipinski definition) is 0. The minimum Gasteiger partial charge on any atom is -0.756 e. The molecule has 0 rings (SSSR count). The summed E-state index contributed by atoms with van der Waals surface area (Å²) in [5, 5.41) is 0. The highest BCUT2D eigenvalue weighted by atomic mass is 31.2. The molecule has 0 spiro atoms. The summed E-state index contributed by atoms with van der Waals surface area (Å²) in [6.45, 7) is 7.87. The minimum absolute atomic E-state index is 0.179. The molecule has 0 saturated carbocycles. The lowest BCUT2D eigenvalue weighted by molar-refractivity contribution is -0.227. The molecule has 0 aromatic heterocycles. The minimum atomic E-state index is -4.05. The molecule has 0 atom stereocenters. The molecule has 0 aliphatic rings. The van der Waals surface area contributed by atoms with Crippen molar-refractivity contribution in [2.45, 2.75) is 27.7 Å². The van der Waals surface area contributed by atoms with Crippen molar-refractivity contribution in [3.8, 4) is 0 Å². The van der Waals surface area contributed by atoms with Gasteiger partial charge < -0.3 is 13.9 Å². The maximum absolute atomic E-state index is 11.0. The van der Waals surface area contributed by atoms with Gasteiger partial charge in [0.2, 0.25) is 0 Å². The molecule has 0 amide bonds. The highest BCUT2D eigenvalue weighted by Crippen LogP contribution is 2.38. The van der Waals surface area contributed by atoms with E-state index in [1.807, 2.05) is 27.7 Å². The summed E-state index contributed by atoms with van der Waals surface area (Å²) in [4.78, 5) is 11.0. The lowest BCUT2D eigenvalue weighted by Crippen LogP contribution is -2.13. The Labute approximate surface area is 79.9 Å². The number of phosphoric acid groups is 1. The van der Waals surface area contributed by atoms with Crippen molar-refractivity contribution in [2.75, 3.05) is 13.2 Å². The van der Waals surface area contributed by atoms with Crippen molar-refractivity contribution in [1.29, 1.82) is 0 Å². The zero-order valence-corrected chi connectivity index (χ0v) is 9.54. The molecule has 5 heteroatoms. The standard InChI is InChI=1S/C8H19O4P/c1-7(2)5-11-13(9,10)12-6-8(3)4/h7-8H,5-6H2,1-4H3,(H,9,10)/p-1. The molecular formula is C8H18O4P-. The van der Waals surface area contributed by atoms with Gasteiger partial charge in [0.15, 0.2) is 0 Å². The van der Waals surface area contributed by atoms with Gasteiger partial charge in [0.25, 0.3) is 7.82 Å². The van der Waals surface area contributed by atoms with E-state index in [9.17, 15) is 9.46 Å². The highest BCUT2D eigenvalue weighted by molar-refractivity contribution is 7.45. The molecule has 13 heavy (non-hydrogen) atoms. The molecule has 0 aromatic rings. The predicted molar refractivity (Wildman–Crippen MR) is 49.2 cm³/mol. The predicted octanol–water partition coefficient (Wildman–Crippen LogP) is 1.80. The van der Waals surface area contributed by atoms with Gasteiger partial charge in [-0.25, -0.2) is 0 Å². The maximum Gasteiger partial charge on any atom is 0.267 e. The van der Waals surface area contributed by atoms with Crippen LogP contribution in [0.4, 0.5) is 0 Å². The topological polar surface area (TPSA) is 58.6 Å². The third-order valence-electron chi connectivity index (χ3n) is 1.13. The molecule has 0 saturated heterocycles. The zero-order chi connectivity index (χ0) is 10.5. The van der Waals surface area contributed by atoms with E-state index in [-0.39, 0.29) is 25.0 Å². The van der Waals surface area contributed by atoms with Gasteiger partial charge in [0.05, 0.1) is 13.2 Å². The van der Waals surface area contributed by atoms with E-state index in [0.717, 1.165) is 0 Å². The van der Waals surface area contributed by atoms with Gasteiger partial charge in [-0.1, -0.05) is 27.7 Å². The summed E-state index contributed by atoms with van der Waals surface area (Å²) in [7, 11) is -4.05. The first-order chi connectivity index (χ1) is 5.83. The average molecular weight is 209 g/mol. The van der Waals surface area contributed by atoms with Crippen LogP contribution in [-0.2, 0) is 13.6 Å². The fourth-order valence-corrected chi connectivity index (χ4v) is 1.55. The number of hydrogen-bond acceptors (Lipinski definition) is 4. The molecule has 0 aliphatic heterocycles. The molecule has 0 fully saturated rings. The van der Waals surface area contributed by atoms with Crippen LogP contribution in [-0.4, -0.2) is 13.2 Å². The molecule has 0 bridgehead atoms. The van der Waals surface area contributed by atoms with Gasteiger partial charge in [0.1, 0.15) is 0 Å². The first-order valence-corrected chi connectivity index (χ1v) is 5.89. The Morgan fingerprint density at radius 2 is 1.38 bits per heavy atom. The normalized spacial score (nSPS) is 12.8. The monoisotopic (exact) mass is 209 g/mol. The van der Waals surface area contributed by atoms with Crippen LogP contribution in [0.25, 0.3) is 0 Å². The van der Waals surface area contributed by atoms with Crippen molar-refractivity contribution in [3.63, 3.8) is 0 Å². The van der Waals surface area contributed by atoms with E-state index in [1.165, 1.54) is 0 Å². The fraction of sp³-hybridized carbons (Fsp3) is 1.00. The third-order valence-corrected chi connectivity index (χ3v) is 2.06. The van der Waals surface area contributed by atoms with Gasteiger partial charge in [-0.15, -0.1) is 0 Å². The molecular weight excluding hydrogens is 191 g/mol. The quantitative estimate of drug-likeness (QED) is 0.626. The lowest BCUT2D eigenvalue weighted by atomic mass is 10.2. The van der Waals surface area contributed by atoms with Crippen molar-refractivity contribution >= 4 is 7.82 Å². The lowest BCUT2D eigenvalue weighted by Gasteiger charge is -2.24. The van der Waals surface area contributed by atoms with Crippen LogP contribution < -0.4 is 4.89 Å². The Morgan fingerprint density at radius 1 is 1.08 bits per heavy atom. The van der Waals surface area contributed by atoms with Crippen molar-refractivity contribution < 1.29 is 18.5 Å². The fourth-order valence-electron chi connectivity index (χ4n) is 0.518. The number of phosphoric ester groups is 1. The summed E-state index contributed by atoms with van der Waals surface area (Å²) in [6.07, 6.45) is 0. The van der Waals surface area contributed by atoms with Crippen molar-refractivity contribution in [3.05, 3.63) is 0 Å².